The lowest BCUT2D eigenvalue weighted by molar-refractivity contribution is 0.0405. The Morgan fingerprint density at radius 1 is 1.25 bits per heavy atom. The SMILES string of the molecule is Fc1cccc(C[C@H]2CN(c3ncccn3)CCO2)c1. The van der Waals surface area contributed by atoms with Crippen LogP contribution >= 0.6 is 0 Å². The highest BCUT2D eigenvalue weighted by Crippen LogP contribution is 2.16. The third kappa shape index (κ3) is 3.11. The van der Waals surface area contributed by atoms with Gasteiger partial charge in [0, 0.05) is 31.9 Å². The molecule has 1 aromatic carbocycles. The number of aromatic nitrogens is 2. The first-order valence-corrected chi connectivity index (χ1v) is 6.69. The topological polar surface area (TPSA) is 38.2 Å². The van der Waals surface area contributed by atoms with Crippen LogP contribution in [0.2, 0.25) is 0 Å². The number of rotatable bonds is 3. The molecule has 0 unspecified atom stereocenters. The molecule has 104 valence electrons. The van der Waals surface area contributed by atoms with Crippen molar-refractivity contribution in [3.8, 4) is 0 Å². The van der Waals surface area contributed by atoms with Crippen LogP contribution in [0.4, 0.5) is 10.3 Å². The lowest BCUT2D eigenvalue weighted by Gasteiger charge is -2.33. The Morgan fingerprint density at radius 2 is 2.10 bits per heavy atom. The second-order valence-corrected chi connectivity index (χ2v) is 4.82. The van der Waals surface area contributed by atoms with Gasteiger partial charge in [0.15, 0.2) is 0 Å². The quantitative estimate of drug-likeness (QED) is 0.858. The molecular weight excluding hydrogens is 257 g/mol. The summed E-state index contributed by atoms with van der Waals surface area (Å²) in [6.07, 6.45) is 4.20. The van der Waals surface area contributed by atoms with Crippen molar-refractivity contribution in [1.82, 2.24) is 9.97 Å². The third-order valence-corrected chi connectivity index (χ3v) is 3.33. The zero-order chi connectivity index (χ0) is 13.8. The first-order valence-electron chi connectivity index (χ1n) is 6.69. The van der Waals surface area contributed by atoms with E-state index in [1.165, 1.54) is 6.07 Å². The van der Waals surface area contributed by atoms with Crippen LogP contribution in [-0.4, -0.2) is 35.8 Å². The largest absolute Gasteiger partial charge is 0.374 e. The summed E-state index contributed by atoms with van der Waals surface area (Å²) in [4.78, 5) is 10.6. The maximum atomic E-state index is 13.2. The number of nitrogens with zero attached hydrogens (tertiary/aromatic N) is 3. The molecule has 1 aromatic heterocycles. The Hall–Kier alpha value is -2.01. The molecular formula is C15H16FN3O. The molecule has 0 bridgehead atoms. The van der Waals surface area contributed by atoms with E-state index >= 15 is 0 Å². The molecule has 5 heteroatoms. The fourth-order valence-corrected chi connectivity index (χ4v) is 2.41. The normalized spacial score (nSPS) is 19.1. The zero-order valence-electron chi connectivity index (χ0n) is 11.1. The van der Waals surface area contributed by atoms with Gasteiger partial charge in [0.2, 0.25) is 5.95 Å². The van der Waals surface area contributed by atoms with Crippen LogP contribution in [0.3, 0.4) is 0 Å². The molecule has 0 radical (unpaired) electrons. The van der Waals surface area contributed by atoms with Crippen molar-refractivity contribution in [2.24, 2.45) is 0 Å². The van der Waals surface area contributed by atoms with E-state index in [9.17, 15) is 4.39 Å². The van der Waals surface area contributed by atoms with E-state index in [4.69, 9.17) is 4.74 Å². The predicted molar refractivity (Wildman–Crippen MR) is 74.1 cm³/mol. The summed E-state index contributed by atoms with van der Waals surface area (Å²) in [5.41, 5.74) is 0.950. The lowest BCUT2D eigenvalue weighted by Crippen LogP contribution is -2.44. The van der Waals surface area contributed by atoms with E-state index in [0.29, 0.717) is 13.0 Å². The minimum Gasteiger partial charge on any atom is -0.374 e. The minimum atomic E-state index is -0.207. The smallest absolute Gasteiger partial charge is 0.225 e. The van der Waals surface area contributed by atoms with Crippen LogP contribution in [0, 0.1) is 5.82 Å². The van der Waals surface area contributed by atoms with Crippen LogP contribution in [-0.2, 0) is 11.2 Å². The fraction of sp³-hybridized carbons (Fsp3) is 0.333. The Kier molecular flexibility index (Phi) is 3.87. The van der Waals surface area contributed by atoms with E-state index in [1.807, 2.05) is 6.07 Å². The van der Waals surface area contributed by atoms with E-state index in [1.54, 1.807) is 30.6 Å². The number of morpholine rings is 1. The van der Waals surface area contributed by atoms with Crippen molar-refractivity contribution in [3.63, 3.8) is 0 Å². The van der Waals surface area contributed by atoms with E-state index in [-0.39, 0.29) is 11.9 Å². The Labute approximate surface area is 117 Å². The molecule has 1 aliphatic rings. The van der Waals surface area contributed by atoms with Gasteiger partial charge in [-0.3, -0.25) is 0 Å². The van der Waals surface area contributed by atoms with Crippen molar-refractivity contribution in [2.45, 2.75) is 12.5 Å². The highest BCUT2D eigenvalue weighted by molar-refractivity contribution is 5.29. The Morgan fingerprint density at radius 3 is 2.90 bits per heavy atom. The van der Waals surface area contributed by atoms with E-state index < -0.39 is 0 Å². The molecule has 4 nitrogen and oxygen atoms in total. The fourth-order valence-electron chi connectivity index (χ4n) is 2.41. The highest BCUT2D eigenvalue weighted by atomic mass is 19.1. The number of benzene rings is 1. The summed E-state index contributed by atoms with van der Waals surface area (Å²) in [7, 11) is 0. The standard InChI is InChI=1S/C15H16FN3O/c16-13-4-1-3-12(9-13)10-14-11-19(7-8-20-14)15-17-5-2-6-18-15/h1-6,9,14H,7-8,10-11H2/t14-/m0/s1. The summed E-state index contributed by atoms with van der Waals surface area (Å²) in [5.74, 6) is 0.515. The molecule has 1 aliphatic heterocycles. The first-order chi connectivity index (χ1) is 9.81. The van der Waals surface area contributed by atoms with E-state index in [2.05, 4.69) is 14.9 Å². The molecule has 0 N–H and O–H groups in total. The molecule has 0 aliphatic carbocycles. The molecule has 0 amide bonds. The maximum Gasteiger partial charge on any atom is 0.225 e. The Balaban J connectivity index is 1.66. The van der Waals surface area contributed by atoms with Crippen LogP contribution in [0.1, 0.15) is 5.56 Å². The van der Waals surface area contributed by atoms with Gasteiger partial charge >= 0.3 is 0 Å². The molecule has 2 aromatic rings. The molecule has 0 spiro atoms. The van der Waals surface area contributed by atoms with Gasteiger partial charge in [0.25, 0.3) is 0 Å². The molecule has 20 heavy (non-hydrogen) atoms. The van der Waals surface area contributed by atoms with Gasteiger partial charge in [-0.15, -0.1) is 0 Å². The van der Waals surface area contributed by atoms with E-state index in [0.717, 1.165) is 24.6 Å². The van der Waals surface area contributed by atoms with Crippen molar-refractivity contribution >= 4 is 5.95 Å². The molecule has 1 saturated heterocycles. The average molecular weight is 273 g/mol. The zero-order valence-corrected chi connectivity index (χ0v) is 11.1. The molecule has 1 fully saturated rings. The molecule has 2 heterocycles. The second kappa shape index (κ2) is 5.96. The van der Waals surface area contributed by atoms with Crippen LogP contribution in [0.5, 0.6) is 0 Å². The van der Waals surface area contributed by atoms with Crippen molar-refractivity contribution in [2.75, 3.05) is 24.6 Å². The average Bonchev–Trinajstić information content (AvgIpc) is 2.48. The first kappa shape index (κ1) is 13.0. The summed E-state index contributed by atoms with van der Waals surface area (Å²) in [6, 6.07) is 8.46. The van der Waals surface area contributed by atoms with Crippen molar-refractivity contribution in [3.05, 3.63) is 54.1 Å². The van der Waals surface area contributed by atoms with Gasteiger partial charge in [-0.05, 0) is 23.8 Å². The molecule has 0 saturated carbocycles. The highest BCUT2D eigenvalue weighted by Gasteiger charge is 2.22. The maximum absolute atomic E-state index is 13.2. The minimum absolute atomic E-state index is 0.0364. The van der Waals surface area contributed by atoms with Crippen molar-refractivity contribution < 1.29 is 9.13 Å². The summed E-state index contributed by atoms with van der Waals surface area (Å²) < 4.78 is 18.9. The van der Waals surface area contributed by atoms with Crippen LogP contribution in [0.25, 0.3) is 0 Å². The number of halogens is 1. The predicted octanol–water partition coefficient (Wildman–Crippen LogP) is 2.06. The van der Waals surface area contributed by atoms with Gasteiger partial charge in [0.05, 0.1) is 12.7 Å². The molecule has 3 rings (SSSR count). The van der Waals surface area contributed by atoms with Gasteiger partial charge in [-0.1, -0.05) is 12.1 Å². The lowest BCUT2D eigenvalue weighted by atomic mass is 10.1. The summed E-state index contributed by atoms with van der Waals surface area (Å²) in [6.45, 7) is 2.14. The second-order valence-electron chi connectivity index (χ2n) is 4.82. The monoisotopic (exact) mass is 273 g/mol. The van der Waals surface area contributed by atoms with Gasteiger partial charge in [-0.25, -0.2) is 14.4 Å². The van der Waals surface area contributed by atoms with Crippen molar-refractivity contribution in [1.29, 1.82) is 0 Å². The number of hydrogen-bond donors (Lipinski definition) is 0. The third-order valence-electron chi connectivity index (χ3n) is 3.33. The van der Waals surface area contributed by atoms with Crippen LogP contribution < -0.4 is 4.90 Å². The Bertz CT molecular complexity index is 564. The summed E-state index contributed by atoms with van der Waals surface area (Å²) >= 11 is 0. The van der Waals surface area contributed by atoms with Gasteiger partial charge in [-0.2, -0.15) is 0 Å². The van der Waals surface area contributed by atoms with Crippen LogP contribution in [0.15, 0.2) is 42.7 Å². The number of hydrogen-bond acceptors (Lipinski definition) is 4. The summed E-state index contributed by atoms with van der Waals surface area (Å²) in [5, 5.41) is 0. The van der Waals surface area contributed by atoms with Gasteiger partial charge in [0.1, 0.15) is 5.82 Å². The number of ether oxygens (including phenoxy) is 1. The molecule has 1 atom stereocenters. The van der Waals surface area contributed by atoms with Gasteiger partial charge < -0.3 is 9.64 Å². The number of anilines is 1.